The molecule has 1 rings (SSSR count). The number of rotatable bonds is 0. The number of aromatic amines is 1. The number of alkyl halides is 3. The van der Waals surface area contributed by atoms with Crippen LogP contribution in [0.1, 0.15) is 5.89 Å². The van der Waals surface area contributed by atoms with Crippen LogP contribution in [0, 0.1) is 4.77 Å². The maximum Gasteiger partial charge on any atom is 0.471 e. The van der Waals surface area contributed by atoms with Gasteiger partial charge in [-0.15, -0.1) is 0 Å². The summed E-state index contributed by atoms with van der Waals surface area (Å²) in [7, 11) is 0. The van der Waals surface area contributed by atoms with Crippen molar-refractivity contribution >= 4 is 12.2 Å². The molecule has 0 aromatic carbocycles. The molecule has 1 heterocycles. The summed E-state index contributed by atoms with van der Waals surface area (Å²) in [5, 5.41) is 1.78. The van der Waals surface area contributed by atoms with Crippen LogP contribution in [0.2, 0.25) is 0 Å². The molecule has 3 nitrogen and oxygen atoms in total. The molecular weight excluding hydrogens is 169 g/mol. The lowest BCUT2D eigenvalue weighted by Gasteiger charge is -1.95. The minimum Gasteiger partial charge on any atom is -0.354 e. The average Bonchev–Trinajstić information content (AvgIpc) is 2.11. The van der Waals surface area contributed by atoms with Crippen LogP contribution in [-0.2, 0) is 6.18 Å². The number of H-pyrrole nitrogens is 1. The summed E-state index contributed by atoms with van der Waals surface area (Å²) in [6, 6.07) is 0. The normalized spacial score (nSPS) is 11.9. The molecule has 1 N–H and O–H groups in total. The predicted molar refractivity (Wildman–Crippen MR) is 26.7 cm³/mol. The van der Waals surface area contributed by atoms with Gasteiger partial charge in [0.25, 0.3) is 0 Å². The standard InChI is InChI=1S/C3HF3N2OS/c4-3(5,6)1-7-2(10)8-9-1/h(H,8,10). The summed E-state index contributed by atoms with van der Waals surface area (Å²) >= 11 is 4.24. The SMILES string of the molecule is FC(F)(F)c1nc(=S)[nH]o1. The highest BCUT2D eigenvalue weighted by Gasteiger charge is 2.37. The van der Waals surface area contributed by atoms with E-state index in [2.05, 4.69) is 21.7 Å². The van der Waals surface area contributed by atoms with Crippen LogP contribution in [0.15, 0.2) is 4.52 Å². The molecule has 0 saturated carbocycles. The van der Waals surface area contributed by atoms with Gasteiger partial charge in [0.1, 0.15) is 0 Å². The Balaban J connectivity index is 3.07. The molecule has 0 aliphatic heterocycles. The topological polar surface area (TPSA) is 41.8 Å². The van der Waals surface area contributed by atoms with Crippen molar-refractivity contribution in [2.24, 2.45) is 0 Å². The van der Waals surface area contributed by atoms with E-state index in [9.17, 15) is 13.2 Å². The van der Waals surface area contributed by atoms with Crippen LogP contribution in [0.5, 0.6) is 0 Å². The van der Waals surface area contributed by atoms with E-state index >= 15 is 0 Å². The second-order valence-electron chi connectivity index (χ2n) is 1.42. The van der Waals surface area contributed by atoms with E-state index in [1.165, 1.54) is 0 Å². The van der Waals surface area contributed by atoms with Crippen LogP contribution >= 0.6 is 12.2 Å². The molecule has 0 unspecified atom stereocenters. The lowest BCUT2D eigenvalue weighted by molar-refractivity contribution is -0.159. The number of nitrogens with one attached hydrogen (secondary N) is 1. The Morgan fingerprint density at radius 2 is 2.10 bits per heavy atom. The molecular formula is C3HF3N2OS. The molecule has 1 aromatic heterocycles. The third kappa shape index (κ3) is 1.35. The first-order chi connectivity index (χ1) is 4.50. The number of hydrogen-bond acceptors (Lipinski definition) is 3. The molecule has 0 amide bonds. The molecule has 7 heteroatoms. The van der Waals surface area contributed by atoms with E-state index < -0.39 is 12.1 Å². The number of halogens is 3. The van der Waals surface area contributed by atoms with Gasteiger partial charge in [-0.1, -0.05) is 0 Å². The Labute approximate surface area is 57.8 Å². The van der Waals surface area contributed by atoms with Gasteiger partial charge in [0.05, 0.1) is 0 Å². The van der Waals surface area contributed by atoms with Crippen LogP contribution in [-0.4, -0.2) is 10.1 Å². The highest BCUT2D eigenvalue weighted by molar-refractivity contribution is 7.71. The minimum atomic E-state index is -4.56. The van der Waals surface area contributed by atoms with Gasteiger partial charge in [-0.2, -0.15) is 23.3 Å². The maximum atomic E-state index is 11.6. The lowest BCUT2D eigenvalue weighted by atomic mass is 10.7. The molecule has 0 fully saturated rings. The minimum absolute atomic E-state index is 0.313. The van der Waals surface area contributed by atoms with Crippen molar-refractivity contribution in [2.75, 3.05) is 0 Å². The monoisotopic (exact) mass is 170 g/mol. The fraction of sp³-hybridized carbons (Fsp3) is 0.333. The Hall–Kier alpha value is -0.850. The second kappa shape index (κ2) is 2.08. The Morgan fingerprint density at radius 1 is 1.50 bits per heavy atom. The van der Waals surface area contributed by atoms with Gasteiger partial charge in [0.15, 0.2) is 0 Å². The molecule has 10 heavy (non-hydrogen) atoms. The van der Waals surface area contributed by atoms with Gasteiger partial charge in [0, 0.05) is 0 Å². The summed E-state index contributed by atoms with van der Waals surface area (Å²) < 4.78 is 38.3. The Morgan fingerprint density at radius 3 is 2.30 bits per heavy atom. The smallest absolute Gasteiger partial charge is 0.354 e. The zero-order valence-electron chi connectivity index (χ0n) is 4.40. The molecule has 1 aromatic rings. The van der Waals surface area contributed by atoms with Crippen LogP contribution in [0.4, 0.5) is 13.2 Å². The summed E-state index contributed by atoms with van der Waals surface area (Å²) in [5.41, 5.74) is 0. The van der Waals surface area contributed by atoms with E-state index in [4.69, 9.17) is 0 Å². The third-order valence-corrected chi connectivity index (χ3v) is 0.855. The lowest BCUT2D eigenvalue weighted by Crippen LogP contribution is -2.04. The molecule has 0 aliphatic rings. The fourth-order valence-corrected chi connectivity index (χ4v) is 0.476. The van der Waals surface area contributed by atoms with Crippen molar-refractivity contribution < 1.29 is 17.7 Å². The number of nitrogens with zero attached hydrogens (tertiary/aromatic N) is 1. The van der Waals surface area contributed by atoms with Crippen molar-refractivity contribution in [3.05, 3.63) is 10.7 Å². The van der Waals surface area contributed by atoms with E-state index in [1.54, 1.807) is 5.16 Å². The van der Waals surface area contributed by atoms with Crippen LogP contribution in [0.3, 0.4) is 0 Å². The van der Waals surface area contributed by atoms with Crippen molar-refractivity contribution in [2.45, 2.75) is 6.18 Å². The van der Waals surface area contributed by atoms with Gasteiger partial charge in [0.2, 0.25) is 4.77 Å². The number of hydrogen-bond donors (Lipinski definition) is 1. The van der Waals surface area contributed by atoms with Crippen LogP contribution < -0.4 is 0 Å². The molecule has 0 aliphatic carbocycles. The van der Waals surface area contributed by atoms with Gasteiger partial charge < -0.3 is 4.52 Å². The summed E-state index contributed by atoms with van der Waals surface area (Å²) in [6.07, 6.45) is -4.56. The zero-order valence-corrected chi connectivity index (χ0v) is 5.21. The van der Waals surface area contributed by atoms with Crippen molar-refractivity contribution in [3.8, 4) is 0 Å². The van der Waals surface area contributed by atoms with E-state index in [0.29, 0.717) is 0 Å². The van der Waals surface area contributed by atoms with Gasteiger partial charge >= 0.3 is 12.1 Å². The number of aromatic nitrogens is 2. The van der Waals surface area contributed by atoms with Crippen molar-refractivity contribution in [3.63, 3.8) is 0 Å². The predicted octanol–water partition coefficient (Wildman–Crippen LogP) is 1.75. The van der Waals surface area contributed by atoms with Gasteiger partial charge in [-0.3, -0.25) is 0 Å². The summed E-state index contributed by atoms with van der Waals surface area (Å²) in [4.78, 5) is 2.85. The third-order valence-electron chi connectivity index (χ3n) is 0.681. The van der Waals surface area contributed by atoms with E-state index in [1.807, 2.05) is 0 Å². The first-order valence-corrected chi connectivity index (χ1v) is 2.53. The van der Waals surface area contributed by atoms with Crippen molar-refractivity contribution in [1.29, 1.82) is 0 Å². The molecule has 0 radical (unpaired) electrons. The highest BCUT2D eigenvalue weighted by Crippen LogP contribution is 2.26. The molecule has 0 spiro atoms. The first kappa shape index (κ1) is 7.26. The summed E-state index contributed by atoms with van der Waals surface area (Å²) in [6.45, 7) is 0. The zero-order chi connectivity index (χ0) is 7.78. The van der Waals surface area contributed by atoms with Crippen LogP contribution in [0.25, 0.3) is 0 Å². The Bertz CT molecular complexity index is 274. The quantitative estimate of drug-likeness (QED) is 0.603. The van der Waals surface area contributed by atoms with Gasteiger partial charge in [-0.25, -0.2) is 0 Å². The Kier molecular flexibility index (Phi) is 1.51. The van der Waals surface area contributed by atoms with E-state index in [0.717, 1.165) is 0 Å². The average molecular weight is 170 g/mol. The summed E-state index contributed by atoms with van der Waals surface area (Å²) in [5.74, 6) is -1.35. The fourth-order valence-electron chi connectivity index (χ4n) is 0.351. The van der Waals surface area contributed by atoms with Gasteiger partial charge in [-0.05, 0) is 12.2 Å². The molecule has 0 atom stereocenters. The maximum absolute atomic E-state index is 11.6. The largest absolute Gasteiger partial charge is 0.471 e. The molecule has 0 bridgehead atoms. The van der Waals surface area contributed by atoms with E-state index in [-0.39, 0.29) is 4.77 Å². The second-order valence-corrected chi connectivity index (χ2v) is 1.81. The van der Waals surface area contributed by atoms with Crippen molar-refractivity contribution in [1.82, 2.24) is 10.1 Å². The highest BCUT2D eigenvalue weighted by atomic mass is 32.1. The molecule has 0 saturated heterocycles. The molecule has 56 valence electrons. The first-order valence-electron chi connectivity index (χ1n) is 2.13.